The highest BCUT2D eigenvalue weighted by Crippen LogP contribution is 2.03. The van der Waals surface area contributed by atoms with Gasteiger partial charge in [-0.05, 0) is 19.4 Å². The lowest BCUT2D eigenvalue weighted by atomic mass is 10.2. The van der Waals surface area contributed by atoms with Crippen LogP contribution in [0, 0.1) is 4.91 Å². The number of nitrogens with one attached hydrogen (secondary N) is 1. The highest BCUT2D eigenvalue weighted by molar-refractivity contribution is 5.73. The van der Waals surface area contributed by atoms with Gasteiger partial charge in [-0.3, -0.25) is 4.79 Å². The Morgan fingerprint density at radius 2 is 2.18 bits per heavy atom. The second-order valence-electron chi connectivity index (χ2n) is 2.07. The summed E-state index contributed by atoms with van der Waals surface area (Å²) in [6, 6.07) is -0.269. The lowest BCUT2D eigenvalue weighted by molar-refractivity contribution is -0.139. The Morgan fingerprint density at radius 3 is 2.36 bits per heavy atom. The molecular weight excluding hydrogens is 152 g/mol. The first-order chi connectivity index (χ1) is 5.22. The van der Waals surface area contributed by atoms with Gasteiger partial charge in [-0.1, -0.05) is 0 Å². The van der Waals surface area contributed by atoms with E-state index < -0.39 is 5.97 Å². The largest absolute Gasteiger partial charge is 0.480 e. The Hall–Kier alpha value is -1.17. The number of hydrogen-bond donors (Lipinski definition) is 3. The second-order valence-corrected chi connectivity index (χ2v) is 2.07. The molecule has 11 heavy (non-hydrogen) atoms. The van der Waals surface area contributed by atoms with Crippen LogP contribution in [0.25, 0.3) is 0 Å². The maximum atomic E-state index is 10.1. The lowest BCUT2D eigenvalue weighted by Crippen LogP contribution is -2.29. The third-order valence-corrected chi connectivity index (χ3v) is 1.36. The van der Waals surface area contributed by atoms with Crippen LogP contribution in [0.2, 0.25) is 0 Å². The second kappa shape index (κ2) is 5.60. The molecule has 3 N–H and O–H groups in total. The van der Waals surface area contributed by atoms with Crippen LogP contribution in [0.5, 0.6) is 0 Å². The molecule has 1 aliphatic heterocycles. The minimum Gasteiger partial charge on any atom is -0.480 e. The summed E-state index contributed by atoms with van der Waals surface area (Å²) in [5, 5.41) is 19.1. The van der Waals surface area contributed by atoms with E-state index in [1.165, 1.54) is 5.34 Å². The van der Waals surface area contributed by atoms with Gasteiger partial charge in [0.25, 0.3) is 0 Å². The summed E-state index contributed by atoms with van der Waals surface area (Å²) < 4.78 is 0. The Bertz CT molecular complexity index is 132. The molecule has 6 heteroatoms. The van der Waals surface area contributed by atoms with Gasteiger partial charge in [-0.15, -0.1) is 4.91 Å². The van der Waals surface area contributed by atoms with Crippen LogP contribution >= 0.6 is 0 Å². The molecule has 0 bridgehead atoms. The molecule has 1 rings (SSSR count). The van der Waals surface area contributed by atoms with Gasteiger partial charge in [0, 0.05) is 0 Å². The predicted molar refractivity (Wildman–Crippen MR) is 36.2 cm³/mol. The lowest BCUT2D eigenvalue weighted by Gasteiger charge is -1.99. The van der Waals surface area contributed by atoms with Gasteiger partial charge in [-0.2, -0.15) is 0 Å². The molecular formula is C5H10N2O4. The molecule has 1 atom stereocenters. The van der Waals surface area contributed by atoms with Gasteiger partial charge in [0.1, 0.15) is 6.04 Å². The van der Waals surface area contributed by atoms with Crippen LogP contribution in [-0.4, -0.2) is 28.9 Å². The fourth-order valence-corrected chi connectivity index (χ4v) is 0.895. The summed E-state index contributed by atoms with van der Waals surface area (Å²) in [5.74, 6) is -0.720. The molecule has 0 aromatic rings. The molecule has 0 aromatic heterocycles. The van der Waals surface area contributed by atoms with Crippen LogP contribution in [0.15, 0.2) is 5.34 Å². The van der Waals surface area contributed by atoms with Crippen molar-refractivity contribution in [1.29, 1.82) is 0 Å². The van der Waals surface area contributed by atoms with Gasteiger partial charge in [0.05, 0.1) is 0 Å². The highest BCUT2D eigenvalue weighted by atomic mass is 16.6. The molecule has 1 saturated heterocycles. The maximum Gasteiger partial charge on any atom is 0.320 e. The molecule has 6 nitrogen and oxygen atoms in total. The Kier molecular flexibility index (Phi) is 5.01. The quantitative estimate of drug-likeness (QED) is 0.371. The Labute approximate surface area is 63.1 Å². The molecule has 1 fully saturated rings. The number of hydrogen-bond acceptors (Lipinski definition) is 4. The molecule has 0 spiro atoms. The number of rotatable bonds is 1. The van der Waals surface area contributed by atoms with Gasteiger partial charge < -0.3 is 15.6 Å². The summed E-state index contributed by atoms with van der Waals surface area (Å²) in [6.45, 7) is 0.858. The van der Waals surface area contributed by atoms with E-state index in [1.807, 2.05) is 0 Å². The monoisotopic (exact) mass is 162 g/mol. The van der Waals surface area contributed by atoms with E-state index in [2.05, 4.69) is 5.32 Å². The molecule has 0 unspecified atom stereocenters. The molecule has 1 heterocycles. The number of carbonyl (C=O) groups is 1. The van der Waals surface area contributed by atoms with Crippen LogP contribution < -0.4 is 5.32 Å². The normalized spacial score (nSPS) is 21.6. The van der Waals surface area contributed by atoms with Crippen molar-refractivity contribution in [3.63, 3.8) is 0 Å². The average molecular weight is 162 g/mol. The summed E-state index contributed by atoms with van der Waals surface area (Å²) >= 11 is 0. The predicted octanol–water partition coefficient (Wildman–Crippen LogP) is -0.0350. The van der Waals surface area contributed by atoms with E-state index in [9.17, 15) is 4.79 Å². The van der Waals surface area contributed by atoms with Crippen molar-refractivity contribution in [3.8, 4) is 0 Å². The third-order valence-electron chi connectivity index (χ3n) is 1.36. The van der Waals surface area contributed by atoms with Crippen molar-refractivity contribution in [1.82, 2.24) is 5.32 Å². The standard InChI is InChI=1S/C5H9NO2.HNO2/c7-5(8)4-2-1-3-6-4;2-1-3/h4,6H,1-3H2,(H,7,8);(H,2,3)/t4-;/m0./s1. The number of carboxylic acids is 1. The van der Waals surface area contributed by atoms with Crippen LogP contribution in [0.3, 0.4) is 0 Å². The molecule has 64 valence electrons. The van der Waals surface area contributed by atoms with Gasteiger partial charge >= 0.3 is 5.97 Å². The summed E-state index contributed by atoms with van der Waals surface area (Å²) in [4.78, 5) is 18.3. The molecule has 0 radical (unpaired) electrons. The zero-order chi connectivity index (χ0) is 8.69. The molecule has 0 saturated carbocycles. The van der Waals surface area contributed by atoms with Gasteiger partial charge in [0.2, 0.25) is 0 Å². The van der Waals surface area contributed by atoms with Crippen LogP contribution in [0.4, 0.5) is 0 Å². The van der Waals surface area contributed by atoms with Crippen molar-refractivity contribution >= 4 is 5.97 Å². The van der Waals surface area contributed by atoms with E-state index in [0.29, 0.717) is 0 Å². The number of aliphatic carboxylic acids is 1. The molecule has 1 aliphatic rings. The maximum absolute atomic E-state index is 10.1. The van der Waals surface area contributed by atoms with E-state index in [0.717, 1.165) is 19.4 Å². The first-order valence-corrected chi connectivity index (χ1v) is 3.15. The minimum absolute atomic E-state index is 0.269. The minimum atomic E-state index is -0.720. The molecule has 0 amide bonds. The smallest absolute Gasteiger partial charge is 0.320 e. The number of nitrogens with zero attached hydrogens (tertiary/aromatic N) is 1. The Balaban J connectivity index is 0.000000292. The average Bonchev–Trinajstić information content (AvgIpc) is 2.38. The van der Waals surface area contributed by atoms with Crippen LogP contribution in [-0.2, 0) is 4.79 Å². The zero-order valence-corrected chi connectivity index (χ0v) is 5.86. The van der Waals surface area contributed by atoms with E-state index in [-0.39, 0.29) is 6.04 Å². The molecule has 0 aromatic carbocycles. The van der Waals surface area contributed by atoms with Crippen molar-refractivity contribution in [2.75, 3.05) is 6.54 Å². The van der Waals surface area contributed by atoms with Gasteiger partial charge in [-0.25, -0.2) is 0 Å². The van der Waals surface area contributed by atoms with Crippen LogP contribution in [0.1, 0.15) is 12.8 Å². The van der Waals surface area contributed by atoms with Crippen molar-refractivity contribution in [2.24, 2.45) is 5.34 Å². The SMILES string of the molecule is O=C(O)[C@@H]1CCCN1.O=NO. The van der Waals surface area contributed by atoms with E-state index in [1.54, 1.807) is 0 Å². The highest BCUT2D eigenvalue weighted by Gasteiger charge is 2.20. The van der Waals surface area contributed by atoms with Crippen molar-refractivity contribution in [2.45, 2.75) is 18.9 Å². The zero-order valence-electron chi connectivity index (χ0n) is 5.86. The summed E-state index contributed by atoms with van der Waals surface area (Å²) in [6.07, 6.45) is 1.78. The number of carboxylic acid groups (broad SMARTS) is 1. The first kappa shape index (κ1) is 9.83. The third kappa shape index (κ3) is 4.26. The first-order valence-electron chi connectivity index (χ1n) is 3.15. The summed E-state index contributed by atoms with van der Waals surface area (Å²) in [5.41, 5.74) is 0. The van der Waals surface area contributed by atoms with E-state index in [4.69, 9.17) is 15.2 Å². The van der Waals surface area contributed by atoms with Crippen molar-refractivity contribution < 1.29 is 15.1 Å². The van der Waals surface area contributed by atoms with E-state index >= 15 is 0 Å². The fourth-order valence-electron chi connectivity index (χ4n) is 0.895. The molecule has 0 aliphatic carbocycles. The van der Waals surface area contributed by atoms with Gasteiger partial charge in [0.15, 0.2) is 5.34 Å². The van der Waals surface area contributed by atoms with Crippen molar-refractivity contribution in [3.05, 3.63) is 4.91 Å². The fraction of sp³-hybridized carbons (Fsp3) is 0.800. The summed E-state index contributed by atoms with van der Waals surface area (Å²) in [7, 11) is 0. The Morgan fingerprint density at radius 1 is 1.64 bits per heavy atom. The topological polar surface area (TPSA) is 99.0 Å².